The Hall–Kier alpha value is -2.86. The normalized spacial score (nSPS) is 22.1. The molecule has 0 N–H and O–H groups in total. The molecule has 0 radical (unpaired) electrons. The van der Waals surface area contributed by atoms with Crippen LogP contribution >= 0.6 is 0 Å². The second-order valence-corrected chi connectivity index (χ2v) is 7.91. The van der Waals surface area contributed by atoms with Crippen molar-refractivity contribution < 1.29 is 0 Å². The summed E-state index contributed by atoms with van der Waals surface area (Å²) in [6.07, 6.45) is 7.25. The molecule has 2 aliphatic carbocycles. The van der Waals surface area contributed by atoms with E-state index in [0.29, 0.717) is 11.8 Å². The summed E-state index contributed by atoms with van der Waals surface area (Å²) in [7, 11) is 0. The van der Waals surface area contributed by atoms with Gasteiger partial charge in [0.05, 0.1) is 5.41 Å². The molecule has 0 fully saturated rings. The molecule has 0 heteroatoms. The van der Waals surface area contributed by atoms with Gasteiger partial charge < -0.3 is 0 Å². The van der Waals surface area contributed by atoms with E-state index in [-0.39, 0.29) is 5.41 Å². The Morgan fingerprint density at radius 2 is 1.19 bits per heavy atom. The Morgan fingerprint density at radius 1 is 0.630 bits per heavy atom. The molecule has 0 saturated heterocycles. The first-order chi connectivity index (χ1) is 13.2. The summed E-state index contributed by atoms with van der Waals surface area (Å²) >= 11 is 0. The van der Waals surface area contributed by atoms with Crippen molar-refractivity contribution in [1.29, 1.82) is 0 Å². The maximum atomic E-state index is 2.50. The summed E-state index contributed by atoms with van der Waals surface area (Å²) < 4.78 is 0. The minimum atomic E-state index is -0.237. The van der Waals surface area contributed by atoms with E-state index in [0.717, 1.165) is 0 Å². The van der Waals surface area contributed by atoms with E-state index in [1.54, 1.807) is 0 Å². The van der Waals surface area contributed by atoms with Gasteiger partial charge in [0.2, 0.25) is 0 Å². The van der Waals surface area contributed by atoms with Gasteiger partial charge in [0.15, 0.2) is 0 Å². The van der Waals surface area contributed by atoms with E-state index < -0.39 is 0 Å². The van der Waals surface area contributed by atoms with Gasteiger partial charge in [-0.15, -0.1) is 0 Å². The fourth-order valence-corrected chi connectivity index (χ4v) is 4.88. The van der Waals surface area contributed by atoms with Crippen LogP contribution in [-0.2, 0) is 5.41 Å². The van der Waals surface area contributed by atoms with Crippen LogP contribution in [0.25, 0.3) is 11.1 Å². The SMILES string of the molecule is CC1C=CC(C2(c3ccccc3)c3ccccc3-c3ccccc32)=CC1C. The average molecular weight is 348 g/mol. The van der Waals surface area contributed by atoms with Crippen molar-refractivity contribution in [1.82, 2.24) is 0 Å². The summed E-state index contributed by atoms with van der Waals surface area (Å²) in [5, 5.41) is 0. The Balaban J connectivity index is 1.91. The third-order valence-electron chi connectivity index (χ3n) is 6.44. The maximum Gasteiger partial charge on any atom is 0.0710 e. The van der Waals surface area contributed by atoms with Crippen molar-refractivity contribution in [2.24, 2.45) is 11.8 Å². The quantitative estimate of drug-likeness (QED) is 0.479. The summed E-state index contributed by atoms with van der Waals surface area (Å²) in [5.74, 6) is 1.11. The fraction of sp³-hybridized carbons (Fsp3) is 0.185. The lowest BCUT2D eigenvalue weighted by Crippen LogP contribution is -2.30. The van der Waals surface area contributed by atoms with Crippen LogP contribution in [0.15, 0.2) is 103 Å². The summed E-state index contributed by atoms with van der Waals surface area (Å²) in [4.78, 5) is 0. The molecule has 0 heterocycles. The number of allylic oxidation sites excluding steroid dienone is 4. The average Bonchev–Trinajstić information content (AvgIpc) is 3.02. The van der Waals surface area contributed by atoms with Crippen molar-refractivity contribution in [2.45, 2.75) is 19.3 Å². The van der Waals surface area contributed by atoms with Gasteiger partial charge in [-0.3, -0.25) is 0 Å². The first-order valence-electron chi connectivity index (χ1n) is 9.88. The van der Waals surface area contributed by atoms with Gasteiger partial charge in [0.25, 0.3) is 0 Å². The molecule has 2 aliphatic rings. The van der Waals surface area contributed by atoms with Crippen LogP contribution in [0.2, 0.25) is 0 Å². The highest BCUT2D eigenvalue weighted by molar-refractivity contribution is 5.86. The van der Waals surface area contributed by atoms with Crippen LogP contribution in [0.3, 0.4) is 0 Å². The predicted molar refractivity (Wildman–Crippen MR) is 114 cm³/mol. The largest absolute Gasteiger partial charge is 0.0808 e. The Morgan fingerprint density at radius 3 is 1.78 bits per heavy atom. The molecule has 0 aliphatic heterocycles. The van der Waals surface area contributed by atoms with Gasteiger partial charge in [-0.1, -0.05) is 111 Å². The van der Waals surface area contributed by atoms with Crippen molar-refractivity contribution in [3.63, 3.8) is 0 Å². The smallest absolute Gasteiger partial charge is 0.0710 e. The molecule has 2 atom stereocenters. The summed E-state index contributed by atoms with van der Waals surface area (Å²) in [6.45, 7) is 4.64. The lowest BCUT2D eigenvalue weighted by atomic mass is 9.65. The first-order valence-corrected chi connectivity index (χ1v) is 9.88. The van der Waals surface area contributed by atoms with E-state index in [9.17, 15) is 0 Å². The minimum Gasteiger partial charge on any atom is -0.0808 e. The maximum absolute atomic E-state index is 2.50. The lowest BCUT2D eigenvalue weighted by Gasteiger charge is -2.37. The van der Waals surface area contributed by atoms with Crippen LogP contribution < -0.4 is 0 Å². The van der Waals surface area contributed by atoms with Crippen molar-refractivity contribution in [2.75, 3.05) is 0 Å². The molecule has 2 unspecified atom stereocenters. The number of rotatable bonds is 2. The molecule has 0 saturated carbocycles. The van der Waals surface area contributed by atoms with E-state index in [1.807, 2.05) is 0 Å². The molecule has 27 heavy (non-hydrogen) atoms. The third-order valence-corrected chi connectivity index (χ3v) is 6.44. The standard InChI is InChI=1S/C27H24/c1-19-16-17-22(18-20(19)2)27(21-10-4-3-5-11-21)25-14-8-6-12-23(25)24-13-7-9-15-26(24)27/h3-20H,1-2H3. The van der Waals surface area contributed by atoms with E-state index in [1.165, 1.54) is 33.4 Å². The van der Waals surface area contributed by atoms with E-state index >= 15 is 0 Å². The van der Waals surface area contributed by atoms with Crippen LogP contribution in [0.5, 0.6) is 0 Å². The first kappa shape index (κ1) is 16.3. The van der Waals surface area contributed by atoms with Gasteiger partial charge in [-0.05, 0) is 45.2 Å². The minimum absolute atomic E-state index is 0.237. The van der Waals surface area contributed by atoms with Gasteiger partial charge in [0.1, 0.15) is 0 Å². The van der Waals surface area contributed by atoms with Crippen molar-refractivity contribution in [3.05, 3.63) is 119 Å². The molecule has 0 aromatic heterocycles. The Kier molecular flexibility index (Phi) is 3.68. The van der Waals surface area contributed by atoms with Gasteiger partial charge in [-0.2, -0.15) is 0 Å². The molecule has 0 bridgehead atoms. The molecular formula is C27H24. The predicted octanol–water partition coefficient (Wildman–Crippen LogP) is 6.77. The highest BCUT2D eigenvalue weighted by Gasteiger charge is 2.46. The topological polar surface area (TPSA) is 0 Å². The summed E-state index contributed by atoms with van der Waals surface area (Å²) in [6, 6.07) is 28.9. The second-order valence-electron chi connectivity index (χ2n) is 7.91. The molecule has 3 aromatic rings. The van der Waals surface area contributed by atoms with E-state index in [4.69, 9.17) is 0 Å². The third kappa shape index (κ3) is 2.23. The molecule has 0 nitrogen and oxygen atoms in total. The van der Waals surface area contributed by atoms with Crippen LogP contribution in [0.1, 0.15) is 30.5 Å². The van der Waals surface area contributed by atoms with Gasteiger partial charge in [0, 0.05) is 0 Å². The van der Waals surface area contributed by atoms with Gasteiger partial charge in [-0.25, -0.2) is 0 Å². The highest BCUT2D eigenvalue weighted by Crippen LogP contribution is 2.57. The molecule has 0 amide bonds. The van der Waals surface area contributed by atoms with Gasteiger partial charge >= 0.3 is 0 Å². The molecule has 3 aromatic carbocycles. The van der Waals surface area contributed by atoms with Crippen LogP contribution in [-0.4, -0.2) is 0 Å². The van der Waals surface area contributed by atoms with Crippen LogP contribution in [0.4, 0.5) is 0 Å². The summed E-state index contributed by atoms with van der Waals surface area (Å²) in [5.41, 5.74) is 8.02. The zero-order valence-corrected chi connectivity index (χ0v) is 15.9. The molecule has 132 valence electrons. The van der Waals surface area contributed by atoms with Crippen molar-refractivity contribution in [3.8, 4) is 11.1 Å². The second kappa shape index (κ2) is 6.09. The zero-order chi connectivity index (χ0) is 18.4. The number of benzene rings is 3. The Bertz CT molecular complexity index is 1010. The Labute approximate surface area is 161 Å². The molecule has 0 spiro atoms. The highest BCUT2D eigenvalue weighted by atomic mass is 14.5. The van der Waals surface area contributed by atoms with E-state index in [2.05, 4.69) is 111 Å². The van der Waals surface area contributed by atoms with Crippen molar-refractivity contribution >= 4 is 0 Å². The number of fused-ring (bicyclic) bond motifs is 3. The zero-order valence-electron chi connectivity index (χ0n) is 15.9. The fourth-order valence-electron chi connectivity index (χ4n) is 4.88. The number of hydrogen-bond acceptors (Lipinski definition) is 0. The monoisotopic (exact) mass is 348 g/mol. The molecular weight excluding hydrogens is 324 g/mol. The number of hydrogen-bond donors (Lipinski definition) is 0. The van der Waals surface area contributed by atoms with Crippen LogP contribution in [0, 0.1) is 11.8 Å². The lowest BCUT2D eigenvalue weighted by molar-refractivity contribution is 0.538. The molecule has 5 rings (SSSR count).